The number of aliphatic hydroxyl groups excluding tert-OH is 1. The highest BCUT2D eigenvalue weighted by atomic mass is 16.5. The fourth-order valence-electron chi connectivity index (χ4n) is 3.40. The van der Waals surface area contributed by atoms with Crippen molar-refractivity contribution >= 4 is 5.97 Å². The van der Waals surface area contributed by atoms with Crippen molar-refractivity contribution in [2.75, 3.05) is 21.1 Å². The lowest BCUT2D eigenvalue weighted by atomic mass is 9.85. The van der Waals surface area contributed by atoms with Gasteiger partial charge in [-0.25, -0.2) is 4.79 Å². The van der Waals surface area contributed by atoms with Crippen molar-refractivity contribution in [1.29, 1.82) is 0 Å². The van der Waals surface area contributed by atoms with E-state index in [1.807, 2.05) is 21.1 Å². The zero-order valence-electron chi connectivity index (χ0n) is 16.3. The highest BCUT2D eigenvalue weighted by Gasteiger charge is 2.51. The lowest BCUT2D eigenvalue weighted by Gasteiger charge is -2.43. The van der Waals surface area contributed by atoms with E-state index in [4.69, 9.17) is 0 Å². The maximum atomic E-state index is 11.9. The maximum absolute atomic E-state index is 11.9. The van der Waals surface area contributed by atoms with Crippen molar-refractivity contribution in [3.63, 3.8) is 0 Å². The molecule has 0 rings (SSSR count). The maximum Gasteiger partial charge on any atom is 0.365 e. The molecule has 0 aromatic heterocycles. The van der Waals surface area contributed by atoms with E-state index in [-0.39, 0.29) is 10.9 Å². The van der Waals surface area contributed by atoms with E-state index in [9.17, 15) is 20.1 Å². The molecule has 0 spiro atoms. The first-order valence-electron chi connectivity index (χ1n) is 9.58. The largest absolute Gasteiger partial charge is 0.477 e. The fourth-order valence-corrected chi connectivity index (χ4v) is 3.40. The predicted octanol–water partition coefficient (Wildman–Crippen LogP) is 3.53. The molecular weight excluding hydrogens is 306 g/mol. The Morgan fingerprint density at radius 2 is 1.29 bits per heavy atom. The van der Waals surface area contributed by atoms with Crippen molar-refractivity contribution in [2.24, 2.45) is 0 Å². The Bertz CT molecular complexity index is 339. The molecule has 0 aliphatic carbocycles. The van der Waals surface area contributed by atoms with Gasteiger partial charge in [-0.05, 0) is 6.42 Å². The molecule has 0 aliphatic rings. The van der Waals surface area contributed by atoms with Gasteiger partial charge in [-0.2, -0.15) is 0 Å². The van der Waals surface area contributed by atoms with Gasteiger partial charge in [-0.3, -0.25) is 0 Å². The van der Waals surface area contributed by atoms with Gasteiger partial charge in [0.05, 0.1) is 27.6 Å². The van der Waals surface area contributed by atoms with E-state index in [0.29, 0.717) is 6.42 Å². The van der Waals surface area contributed by atoms with Gasteiger partial charge in [-0.15, -0.1) is 0 Å². The third-order valence-electron chi connectivity index (χ3n) is 5.15. The number of carboxylic acids is 1. The van der Waals surface area contributed by atoms with Crippen LogP contribution in [0.15, 0.2) is 0 Å². The lowest BCUT2D eigenvalue weighted by molar-refractivity contribution is -0.915. The first kappa shape index (κ1) is 23.4. The van der Waals surface area contributed by atoms with Gasteiger partial charge in [0.25, 0.3) is 0 Å². The van der Waals surface area contributed by atoms with E-state index in [2.05, 4.69) is 6.92 Å². The summed E-state index contributed by atoms with van der Waals surface area (Å²) in [5.74, 6) is -0.945. The summed E-state index contributed by atoms with van der Waals surface area (Å²) in [6.45, 7) is 2.23. The van der Waals surface area contributed by atoms with E-state index in [1.165, 1.54) is 44.9 Å². The molecule has 5 nitrogen and oxygen atoms in total. The highest BCUT2D eigenvalue weighted by molar-refractivity contribution is 5.77. The second kappa shape index (κ2) is 11.8. The van der Waals surface area contributed by atoms with E-state index < -0.39 is 17.8 Å². The second-order valence-corrected chi connectivity index (χ2v) is 7.97. The molecule has 0 saturated heterocycles. The molecule has 1 unspecified atom stereocenters. The van der Waals surface area contributed by atoms with E-state index in [0.717, 1.165) is 19.3 Å². The number of aliphatic carboxylic acids is 1. The van der Waals surface area contributed by atoms with Crippen LogP contribution in [-0.4, -0.2) is 58.7 Å². The van der Waals surface area contributed by atoms with Crippen LogP contribution in [0.25, 0.3) is 0 Å². The van der Waals surface area contributed by atoms with Gasteiger partial charge in [0.1, 0.15) is 0 Å². The molecule has 0 bridgehead atoms. The molecular formula is C19H40NO4+. The van der Waals surface area contributed by atoms with Crippen LogP contribution >= 0.6 is 0 Å². The van der Waals surface area contributed by atoms with Gasteiger partial charge in [0, 0.05) is 6.42 Å². The number of unbranched alkanes of at least 4 members (excludes halogenated alkanes) is 9. The Balaban J connectivity index is 4.19. The Kier molecular flexibility index (Phi) is 11.5. The summed E-state index contributed by atoms with van der Waals surface area (Å²) in [5, 5.41) is 28.4. The number of carbonyl (C=O) groups is 1. The summed E-state index contributed by atoms with van der Waals surface area (Å²) >= 11 is 0. The molecule has 0 radical (unpaired) electrons. The Labute approximate surface area is 148 Å². The number of aliphatic hydroxyl groups is 2. The molecule has 0 saturated carbocycles. The van der Waals surface area contributed by atoms with Crippen molar-refractivity contribution in [2.45, 2.75) is 95.8 Å². The number of quaternary nitrogens is 1. The molecule has 3 N–H and O–H groups in total. The summed E-state index contributed by atoms with van der Waals surface area (Å²) < 4.78 is 0.192. The van der Waals surface area contributed by atoms with Crippen LogP contribution in [0.4, 0.5) is 0 Å². The molecule has 0 heterocycles. The first-order valence-corrected chi connectivity index (χ1v) is 9.58. The topological polar surface area (TPSA) is 77.8 Å². The zero-order valence-corrected chi connectivity index (χ0v) is 16.3. The predicted molar refractivity (Wildman–Crippen MR) is 97.7 cm³/mol. The summed E-state index contributed by atoms with van der Waals surface area (Å²) in [4.78, 5) is 11.9. The number of hydrogen-bond donors (Lipinski definition) is 3. The molecule has 0 aliphatic heterocycles. The minimum Gasteiger partial charge on any atom is -0.477 e. The minimum atomic E-state index is -1.60. The van der Waals surface area contributed by atoms with E-state index >= 15 is 0 Å². The Morgan fingerprint density at radius 3 is 1.62 bits per heavy atom. The summed E-state index contributed by atoms with van der Waals surface area (Å²) in [5.41, 5.74) is -1.14. The molecule has 24 heavy (non-hydrogen) atoms. The van der Waals surface area contributed by atoms with Crippen LogP contribution in [0.3, 0.4) is 0 Å². The SMILES string of the molecule is CCCCCCCCCCCCC(CC(O)O)(C(=O)O)[N+](C)(C)C. The van der Waals surface area contributed by atoms with Gasteiger partial charge in [-0.1, -0.05) is 64.7 Å². The Morgan fingerprint density at radius 1 is 0.875 bits per heavy atom. The Hall–Kier alpha value is -0.650. The van der Waals surface area contributed by atoms with Gasteiger partial charge in [0.2, 0.25) is 5.54 Å². The van der Waals surface area contributed by atoms with Gasteiger partial charge < -0.3 is 19.8 Å². The third-order valence-corrected chi connectivity index (χ3v) is 5.15. The number of likely N-dealkylation sites (N-methyl/N-ethyl adjacent to an activating group) is 1. The smallest absolute Gasteiger partial charge is 0.365 e. The summed E-state index contributed by atoms with van der Waals surface area (Å²) in [7, 11) is 5.44. The molecule has 144 valence electrons. The van der Waals surface area contributed by atoms with E-state index in [1.54, 1.807) is 0 Å². The quantitative estimate of drug-likeness (QED) is 0.241. The molecule has 1 atom stereocenters. The van der Waals surface area contributed by atoms with Crippen molar-refractivity contribution in [1.82, 2.24) is 0 Å². The van der Waals surface area contributed by atoms with Crippen LogP contribution < -0.4 is 0 Å². The average molecular weight is 347 g/mol. The van der Waals surface area contributed by atoms with Gasteiger partial charge in [0.15, 0.2) is 6.29 Å². The molecule has 5 heteroatoms. The van der Waals surface area contributed by atoms with Crippen LogP contribution in [0, 0.1) is 0 Å². The van der Waals surface area contributed by atoms with Crippen LogP contribution in [0.1, 0.15) is 84.0 Å². The first-order chi connectivity index (χ1) is 11.2. The van der Waals surface area contributed by atoms with Crippen LogP contribution in [0.2, 0.25) is 0 Å². The highest BCUT2D eigenvalue weighted by Crippen LogP contribution is 2.31. The number of carboxylic acid groups (broad SMARTS) is 1. The average Bonchev–Trinajstić information content (AvgIpc) is 2.46. The van der Waals surface area contributed by atoms with Crippen molar-refractivity contribution in [3.8, 4) is 0 Å². The lowest BCUT2D eigenvalue weighted by Crippen LogP contribution is -2.63. The standard InChI is InChI=1S/C19H39NO4/c1-5-6-7-8-9-10-11-12-13-14-15-19(18(23)24,16-17(21)22)20(2,3)4/h17,21-22H,5-16H2,1-4H3/p+1. The zero-order chi connectivity index (χ0) is 18.6. The van der Waals surface area contributed by atoms with Crippen LogP contribution in [-0.2, 0) is 4.79 Å². The van der Waals surface area contributed by atoms with Crippen molar-refractivity contribution in [3.05, 3.63) is 0 Å². The molecule has 0 fully saturated rings. The number of hydrogen-bond acceptors (Lipinski definition) is 3. The monoisotopic (exact) mass is 346 g/mol. The number of rotatable bonds is 15. The number of nitrogens with zero attached hydrogens (tertiary/aromatic N) is 1. The third kappa shape index (κ3) is 8.45. The van der Waals surface area contributed by atoms with Gasteiger partial charge >= 0.3 is 5.97 Å². The normalized spacial score (nSPS) is 14.8. The molecule has 0 aromatic rings. The summed E-state index contributed by atoms with van der Waals surface area (Å²) in [6, 6.07) is 0. The molecule has 0 amide bonds. The van der Waals surface area contributed by atoms with Crippen molar-refractivity contribution < 1.29 is 24.6 Å². The summed E-state index contributed by atoms with van der Waals surface area (Å²) in [6.07, 6.45) is 10.7. The van der Waals surface area contributed by atoms with Crippen LogP contribution in [0.5, 0.6) is 0 Å². The fraction of sp³-hybridized carbons (Fsp3) is 0.947. The molecule has 0 aromatic carbocycles. The minimum absolute atomic E-state index is 0.136. The second-order valence-electron chi connectivity index (χ2n) is 7.97.